The normalized spacial score (nSPS) is 27.2. The van der Waals surface area contributed by atoms with Crippen molar-refractivity contribution in [2.24, 2.45) is 29.1 Å². The summed E-state index contributed by atoms with van der Waals surface area (Å²) in [7, 11) is 0. The number of aromatic carboxylic acids is 1. The highest BCUT2D eigenvalue weighted by atomic mass is 32.1. The number of nitrogens with one attached hydrogen (secondary N) is 1. The first-order valence-electron chi connectivity index (χ1n) is 12.0. The lowest BCUT2D eigenvalue weighted by Crippen LogP contribution is -2.54. The number of anilines is 1. The number of piperidine rings is 1. The van der Waals surface area contributed by atoms with Crippen LogP contribution in [0, 0.1) is 29.1 Å². The molecular formula is C25H33N3O3S. The number of carboxylic acids is 1. The Bertz CT molecular complexity index is 1020. The standard InChI is InChI=1S/C25H33N3O3S/c1-25(2)18-5-3-17(19(25)13-18)14-26-22(29)11-15-7-9-28(10-8-15)24-27-20-6-4-16(23(30)31)12-21(20)32-24/h4,6,12,15,17-19H,3,5,7-11,13-14H2,1-2H3,(H,26,29)(H,30,31)/t17-,18-,19-/m0/s1. The van der Waals surface area contributed by atoms with Crippen LogP contribution in [-0.4, -0.2) is 41.6 Å². The number of benzene rings is 1. The summed E-state index contributed by atoms with van der Waals surface area (Å²) in [6.07, 6.45) is 6.56. The smallest absolute Gasteiger partial charge is 0.335 e. The van der Waals surface area contributed by atoms with Crippen molar-refractivity contribution in [1.29, 1.82) is 0 Å². The van der Waals surface area contributed by atoms with E-state index in [-0.39, 0.29) is 5.91 Å². The number of fused-ring (bicyclic) bond motifs is 3. The van der Waals surface area contributed by atoms with E-state index >= 15 is 0 Å². The number of aromatic nitrogens is 1. The highest BCUT2D eigenvalue weighted by Crippen LogP contribution is 2.61. The number of carbonyl (C=O) groups is 2. The topological polar surface area (TPSA) is 82.5 Å². The molecule has 32 heavy (non-hydrogen) atoms. The van der Waals surface area contributed by atoms with E-state index < -0.39 is 5.97 Å². The summed E-state index contributed by atoms with van der Waals surface area (Å²) in [5.41, 5.74) is 1.61. The minimum atomic E-state index is -0.912. The van der Waals surface area contributed by atoms with Crippen LogP contribution in [0.4, 0.5) is 5.13 Å². The molecule has 3 saturated carbocycles. The first-order chi connectivity index (χ1) is 15.3. The zero-order valence-electron chi connectivity index (χ0n) is 19.0. The summed E-state index contributed by atoms with van der Waals surface area (Å²) in [6, 6.07) is 5.09. The Morgan fingerprint density at radius 3 is 2.69 bits per heavy atom. The Labute approximate surface area is 193 Å². The third-order valence-electron chi connectivity index (χ3n) is 8.55. The van der Waals surface area contributed by atoms with Gasteiger partial charge in [-0.15, -0.1) is 0 Å². The van der Waals surface area contributed by atoms with Crippen molar-refractivity contribution in [1.82, 2.24) is 10.3 Å². The van der Waals surface area contributed by atoms with Gasteiger partial charge in [-0.3, -0.25) is 4.79 Å². The van der Waals surface area contributed by atoms with Gasteiger partial charge in [-0.1, -0.05) is 25.2 Å². The number of thiazole rings is 1. The van der Waals surface area contributed by atoms with Crippen LogP contribution in [-0.2, 0) is 4.79 Å². The maximum Gasteiger partial charge on any atom is 0.335 e. The van der Waals surface area contributed by atoms with Gasteiger partial charge in [-0.05, 0) is 79.4 Å². The summed E-state index contributed by atoms with van der Waals surface area (Å²) in [4.78, 5) is 30.8. The SMILES string of the molecule is CC1(C)[C@H]2CC[C@@H](CNC(=O)CC3CCN(c4nc5ccc(C(=O)O)cc5s4)CC3)[C@@H]1C2. The molecule has 0 unspecified atom stereocenters. The van der Waals surface area contributed by atoms with Crippen molar-refractivity contribution in [2.45, 2.75) is 52.4 Å². The minimum absolute atomic E-state index is 0.212. The number of carboxylic acid groups (broad SMARTS) is 1. The summed E-state index contributed by atoms with van der Waals surface area (Å²) in [5.74, 6) is 2.06. The van der Waals surface area contributed by atoms with E-state index in [0.717, 1.165) is 59.7 Å². The van der Waals surface area contributed by atoms with Gasteiger partial charge in [-0.25, -0.2) is 9.78 Å². The van der Waals surface area contributed by atoms with Crippen LogP contribution in [0.1, 0.15) is 62.7 Å². The monoisotopic (exact) mass is 455 g/mol. The van der Waals surface area contributed by atoms with Gasteiger partial charge in [-0.2, -0.15) is 0 Å². The molecule has 1 aliphatic heterocycles. The van der Waals surface area contributed by atoms with E-state index in [2.05, 4.69) is 24.1 Å². The number of hydrogen-bond acceptors (Lipinski definition) is 5. The largest absolute Gasteiger partial charge is 0.478 e. The van der Waals surface area contributed by atoms with Crippen LogP contribution >= 0.6 is 11.3 Å². The fraction of sp³-hybridized carbons (Fsp3) is 0.640. The van der Waals surface area contributed by atoms with Crippen LogP contribution < -0.4 is 10.2 Å². The maximum atomic E-state index is 12.6. The van der Waals surface area contributed by atoms with Crippen LogP contribution in [0.2, 0.25) is 0 Å². The molecule has 4 aliphatic rings. The molecular weight excluding hydrogens is 422 g/mol. The molecule has 0 spiro atoms. The Hall–Kier alpha value is -2.15. The minimum Gasteiger partial charge on any atom is -0.478 e. The Kier molecular flexibility index (Phi) is 5.64. The zero-order valence-corrected chi connectivity index (χ0v) is 19.8. The van der Waals surface area contributed by atoms with Crippen molar-refractivity contribution in [2.75, 3.05) is 24.5 Å². The second-order valence-electron chi connectivity index (χ2n) is 10.6. The Morgan fingerprint density at radius 1 is 1.22 bits per heavy atom. The van der Waals surface area contributed by atoms with E-state index in [1.54, 1.807) is 29.5 Å². The number of nitrogens with zero attached hydrogens (tertiary/aromatic N) is 2. The molecule has 2 N–H and O–H groups in total. The van der Waals surface area contributed by atoms with Crippen molar-refractivity contribution < 1.29 is 14.7 Å². The Morgan fingerprint density at radius 2 is 2.00 bits per heavy atom. The lowest BCUT2D eigenvalue weighted by Gasteiger charge is -2.60. The van der Waals surface area contributed by atoms with Crippen molar-refractivity contribution >= 4 is 38.6 Å². The average molecular weight is 456 g/mol. The lowest BCUT2D eigenvalue weighted by atomic mass is 9.45. The second-order valence-corrected chi connectivity index (χ2v) is 11.6. The molecule has 3 atom stereocenters. The quantitative estimate of drug-likeness (QED) is 0.654. The summed E-state index contributed by atoms with van der Waals surface area (Å²) < 4.78 is 0.907. The fourth-order valence-electron chi connectivity index (χ4n) is 6.30. The number of rotatable bonds is 6. The third-order valence-corrected chi connectivity index (χ3v) is 9.62. The van der Waals surface area contributed by atoms with Crippen molar-refractivity contribution in [3.05, 3.63) is 23.8 Å². The molecule has 7 heteroatoms. The molecule has 0 radical (unpaired) electrons. The molecule has 1 amide bonds. The second kappa shape index (κ2) is 8.32. The molecule has 6 rings (SSSR count). The lowest BCUT2D eigenvalue weighted by molar-refractivity contribution is -0.125. The van der Waals surface area contributed by atoms with Gasteiger partial charge in [0.15, 0.2) is 5.13 Å². The molecule has 1 aromatic carbocycles. The van der Waals surface area contributed by atoms with Crippen molar-refractivity contribution in [3.63, 3.8) is 0 Å². The van der Waals surface area contributed by atoms with Gasteiger partial charge in [0.05, 0.1) is 15.8 Å². The van der Waals surface area contributed by atoms with Gasteiger partial charge in [0.25, 0.3) is 0 Å². The molecule has 1 saturated heterocycles. The molecule has 2 heterocycles. The first kappa shape index (κ1) is 21.7. The van der Waals surface area contributed by atoms with Crippen molar-refractivity contribution in [3.8, 4) is 0 Å². The molecule has 1 aromatic heterocycles. The Balaban J connectivity index is 1.10. The average Bonchev–Trinajstić information content (AvgIpc) is 3.21. The number of carbonyl (C=O) groups excluding carboxylic acids is 1. The van der Waals surface area contributed by atoms with Crippen LogP contribution in [0.3, 0.4) is 0 Å². The highest BCUT2D eigenvalue weighted by Gasteiger charge is 2.53. The van der Waals surface area contributed by atoms with E-state index in [9.17, 15) is 14.7 Å². The molecule has 6 nitrogen and oxygen atoms in total. The van der Waals surface area contributed by atoms with Crippen LogP contribution in [0.25, 0.3) is 10.2 Å². The summed E-state index contributed by atoms with van der Waals surface area (Å²) >= 11 is 1.55. The van der Waals surface area contributed by atoms with E-state index in [0.29, 0.717) is 29.2 Å². The number of amides is 1. The van der Waals surface area contributed by atoms with Gasteiger partial charge in [0, 0.05) is 26.1 Å². The molecule has 2 aromatic rings. The molecule has 2 bridgehead atoms. The van der Waals surface area contributed by atoms with E-state index in [1.165, 1.54) is 19.3 Å². The summed E-state index contributed by atoms with van der Waals surface area (Å²) in [6.45, 7) is 7.45. The summed E-state index contributed by atoms with van der Waals surface area (Å²) in [5, 5.41) is 13.4. The number of hydrogen-bond donors (Lipinski definition) is 2. The predicted molar refractivity (Wildman–Crippen MR) is 127 cm³/mol. The maximum absolute atomic E-state index is 12.6. The first-order valence-corrected chi connectivity index (χ1v) is 12.8. The zero-order chi connectivity index (χ0) is 22.5. The van der Waals surface area contributed by atoms with Gasteiger partial charge in [0.1, 0.15) is 0 Å². The van der Waals surface area contributed by atoms with Crippen LogP contribution in [0.5, 0.6) is 0 Å². The van der Waals surface area contributed by atoms with Gasteiger partial charge in [0.2, 0.25) is 5.91 Å². The molecule has 172 valence electrons. The molecule has 3 aliphatic carbocycles. The predicted octanol–water partition coefficient (Wildman–Crippen LogP) is 4.79. The van der Waals surface area contributed by atoms with E-state index in [1.807, 2.05) is 0 Å². The fourth-order valence-corrected chi connectivity index (χ4v) is 7.35. The molecule has 4 fully saturated rings. The van der Waals surface area contributed by atoms with E-state index in [4.69, 9.17) is 4.98 Å². The highest BCUT2D eigenvalue weighted by molar-refractivity contribution is 7.22. The van der Waals surface area contributed by atoms with Gasteiger partial charge >= 0.3 is 5.97 Å². The van der Waals surface area contributed by atoms with Crippen LogP contribution in [0.15, 0.2) is 18.2 Å². The third kappa shape index (κ3) is 4.00. The van der Waals surface area contributed by atoms with Gasteiger partial charge < -0.3 is 15.3 Å².